The topological polar surface area (TPSA) is 88.9 Å². The first kappa shape index (κ1) is 22.2. The van der Waals surface area contributed by atoms with Gasteiger partial charge in [0.15, 0.2) is 11.0 Å². The zero-order valence-electron chi connectivity index (χ0n) is 17.4. The summed E-state index contributed by atoms with van der Waals surface area (Å²) in [5.41, 5.74) is 1.87. The van der Waals surface area contributed by atoms with Crippen LogP contribution in [0.1, 0.15) is 16.2 Å². The summed E-state index contributed by atoms with van der Waals surface area (Å²) in [6, 6.07) is 23.9. The minimum absolute atomic E-state index is 0.0821. The first-order chi connectivity index (χ1) is 16.1. The van der Waals surface area contributed by atoms with Crippen molar-refractivity contribution in [1.82, 2.24) is 20.1 Å². The van der Waals surface area contributed by atoms with Crippen LogP contribution in [0.3, 0.4) is 0 Å². The standard InChI is InChI=1S/C24H20FN5O2S/c25-18-11-13-19(14-12-18)27-22(31)16-33-24-29-28-21(30(24)20-9-5-2-6-10-20)15-26-23(32)17-7-3-1-4-8-17/h1-14H,15-16H2,(H,26,32)(H,27,31). The maximum absolute atomic E-state index is 13.0. The van der Waals surface area contributed by atoms with E-state index in [1.54, 1.807) is 28.8 Å². The first-order valence-electron chi connectivity index (χ1n) is 10.1. The lowest BCUT2D eigenvalue weighted by atomic mass is 10.2. The van der Waals surface area contributed by atoms with Crippen molar-refractivity contribution in [2.75, 3.05) is 11.1 Å². The predicted molar refractivity (Wildman–Crippen MR) is 125 cm³/mol. The summed E-state index contributed by atoms with van der Waals surface area (Å²) >= 11 is 1.21. The average Bonchev–Trinajstić information content (AvgIpc) is 3.26. The maximum atomic E-state index is 13.0. The Bertz CT molecular complexity index is 1230. The molecule has 33 heavy (non-hydrogen) atoms. The summed E-state index contributed by atoms with van der Waals surface area (Å²) in [6.07, 6.45) is 0. The fraction of sp³-hybridized carbons (Fsp3) is 0.0833. The third-order valence-corrected chi connectivity index (χ3v) is 5.55. The Morgan fingerprint density at radius 1 is 0.879 bits per heavy atom. The van der Waals surface area contributed by atoms with Gasteiger partial charge in [-0.2, -0.15) is 0 Å². The lowest BCUT2D eigenvalue weighted by Gasteiger charge is -2.11. The third-order valence-electron chi connectivity index (χ3n) is 4.62. The normalized spacial score (nSPS) is 10.6. The number of nitrogens with one attached hydrogen (secondary N) is 2. The highest BCUT2D eigenvalue weighted by atomic mass is 32.2. The van der Waals surface area contributed by atoms with E-state index in [1.165, 1.54) is 36.0 Å². The number of benzene rings is 3. The van der Waals surface area contributed by atoms with Crippen molar-refractivity contribution in [2.45, 2.75) is 11.7 Å². The number of halogens is 1. The van der Waals surface area contributed by atoms with E-state index in [2.05, 4.69) is 20.8 Å². The van der Waals surface area contributed by atoms with E-state index < -0.39 is 0 Å². The molecule has 0 radical (unpaired) electrons. The fourth-order valence-electron chi connectivity index (χ4n) is 3.06. The van der Waals surface area contributed by atoms with Crippen LogP contribution in [0.25, 0.3) is 5.69 Å². The Labute approximate surface area is 194 Å². The zero-order chi connectivity index (χ0) is 23.0. The highest BCUT2D eigenvalue weighted by Gasteiger charge is 2.17. The van der Waals surface area contributed by atoms with Crippen LogP contribution in [-0.4, -0.2) is 32.3 Å². The van der Waals surface area contributed by atoms with Crippen LogP contribution in [0.2, 0.25) is 0 Å². The summed E-state index contributed by atoms with van der Waals surface area (Å²) in [5, 5.41) is 14.6. The van der Waals surface area contributed by atoms with Crippen molar-refractivity contribution in [3.63, 3.8) is 0 Å². The van der Waals surface area contributed by atoms with E-state index in [1.807, 2.05) is 36.4 Å². The molecule has 4 aromatic rings. The number of hydrogen-bond donors (Lipinski definition) is 2. The van der Waals surface area contributed by atoms with E-state index in [0.29, 0.717) is 22.2 Å². The second-order valence-electron chi connectivity index (χ2n) is 6.96. The molecular weight excluding hydrogens is 441 g/mol. The molecule has 9 heteroatoms. The summed E-state index contributed by atoms with van der Waals surface area (Å²) in [5.74, 6) is -0.227. The van der Waals surface area contributed by atoms with Gasteiger partial charge in [0.05, 0.1) is 12.3 Å². The molecule has 2 N–H and O–H groups in total. The zero-order valence-corrected chi connectivity index (χ0v) is 18.3. The Balaban J connectivity index is 1.47. The number of rotatable bonds is 8. The molecule has 1 aromatic heterocycles. The third kappa shape index (κ3) is 5.83. The molecule has 0 saturated carbocycles. The van der Waals surface area contributed by atoms with Crippen LogP contribution >= 0.6 is 11.8 Å². The molecule has 4 rings (SSSR count). The molecule has 0 unspecified atom stereocenters. The van der Waals surface area contributed by atoms with Gasteiger partial charge in [0.1, 0.15) is 5.82 Å². The Morgan fingerprint density at radius 3 is 2.24 bits per heavy atom. The highest BCUT2D eigenvalue weighted by molar-refractivity contribution is 7.99. The van der Waals surface area contributed by atoms with Gasteiger partial charge in [0.2, 0.25) is 5.91 Å². The molecule has 0 saturated heterocycles. The van der Waals surface area contributed by atoms with Crippen molar-refractivity contribution in [3.05, 3.63) is 102 Å². The number of anilines is 1. The van der Waals surface area contributed by atoms with Gasteiger partial charge >= 0.3 is 0 Å². The molecule has 0 atom stereocenters. The number of aromatic nitrogens is 3. The second-order valence-corrected chi connectivity index (χ2v) is 7.90. The Hall–Kier alpha value is -3.98. The molecule has 0 aliphatic carbocycles. The number of thioether (sulfide) groups is 1. The van der Waals surface area contributed by atoms with Gasteiger partial charge in [-0.25, -0.2) is 4.39 Å². The van der Waals surface area contributed by atoms with Crippen LogP contribution in [0, 0.1) is 5.82 Å². The van der Waals surface area contributed by atoms with Gasteiger partial charge in [-0.1, -0.05) is 48.2 Å². The molecule has 7 nitrogen and oxygen atoms in total. The van der Waals surface area contributed by atoms with Gasteiger partial charge in [0.25, 0.3) is 5.91 Å². The molecule has 0 aliphatic heterocycles. The number of amides is 2. The van der Waals surface area contributed by atoms with Crippen LogP contribution in [0.15, 0.2) is 90.1 Å². The lowest BCUT2D eigenvalue weighted by molar-refractivity contribution is -0.113. The highest BCUT2D eigenvalue weighted by Crippen LogP contribution is 2.22. The molecule has 166 valence electrons. The summed E-state index contributed by atoms with van der Waals surface area (Å²) in [4.78, 5) is 24.8. The fourth-order valence-corrected chi connectivity index (χ4v) is 3.83. The minimum atomic E-state index is -0.370. The Morgan fingerprint density at radius 2 is 1.55 bits per heavy atom. The summed E-state index contributed by atoms with van der Waals surface area (Å²) in [7, 11) is 0. The molecule has 0 aliphatic rings. The minimum Gasteiger partial charge on any atom is -0.345 e. The number of carbonyl (C=O) groups is 2. The predicted octanol–water partition coefficient (Wildman–Crippen LogP) is 4.07. The van der Waals surface area contributed by atoms with Gasteiger partial charge in [-0.3, -0.25) is 14.2 Å². The van der Waals surface area contributed by atoms with Gasteiger partial charge in [0, 0.05) is 16.9 Å². The number of carbonyl (C=O) groups excluding carboxylic acids is 2. The van der Waals surface area contributed by atoms with Crippen LogP contribution in [0.5, 0.6) is 0 Å². The van der Waals surface area contributed by atoms with Crippen molar-refractivity contribution in [2.24, 2.45) is 0 Å². The molecule has 2 amide bonds. The molecular formula is C24H20FN5O2S. The SMILES string of the molecule is O=C(CSc1nnc(CNC(=O)c2ccccc2)n1-c1ccccc1)Nc1ccc(F)cc1. The lowest BCUT2D eigenvalue weighted by Crippen LogP contribution is -2.24. The quantitative estimate of drug-likeness (QED) is 0.386. The van der Waals surface area contributed by atoms with E-state index in [-0.39, 0.29) is 29.9 Å². The molecule has 0 spiro atoms. The largest absolute Gasteiger partial charge is 0.345 e. The Kier molecular flexibility index (Phi) is 7.11. The van der Waals surface area contributed by atoms with Crippen molar-refractivity contribution < 1.29 is 14.0 Å². The van der Waals surface area contributed by atoms with Crippen molar-refractivity contribution in [1.29, 1.82) is 0 Å². The van der Waals surface area contributed by atoms with Gasteiger partial charge in [-0.15, -0.1) is 10.2 Å². The van der Waals surface area contributed by atoms with Crippen LogP contribution in [0.4, 0.5) is 10.1 Å². The molecule has 0 bridgehead atoms. The van der Waals surface area contributed by atoms with Crippen LogP contribution < -0.4 is 10.6 Å². The second kappa shape index (κ2) is 10.6. The van der Waals surface area contributed by atoms with Gasteiger partial charge < -0.3 is 10.6 Å². The smallest absolute Gasteiger partial charge is 0.251 e. The molecule has 0 fully saturated rings. The first-order valence-corrected chi connectivity index (χ1v) is 11.1. The maximum Gasteiger partial charge on any atom is 0.251 e. The van der Waals surface area contributed by atoms with E-state index in [0.717, 1.165) is 5.69 Å². The average molecular weight is 462 g/mol. The van der Waals surface area contributed by atoms with Crippen LogP contribution in [-0.2, 0) is 11.3 Å². The summed E-state index contributed by atoms with van der Waals surface area (Å²) in [6.45, 7) is 0.165. The monoisotopic (exact) mass is 461 g/mol. The van der Waals surface area contributed by atoms with E-state index in [4.69, 9.17) is 0 Å². The number of nitrogens with zero attached hydrogens (tertiary/aromatic N) is 3. The molecule has 1 heterocycles. The number of para-hydroxylation sites is 1. The van der Waals surface area contributed by atoms with Gasteiger partial charge in [-0.05, 0) is 48.5 Å². The van der Waals surface area contributed by atoms with E-state index in [9.17, 15) is 14.0 Å². The van der Waals surface area contributed by atoms with E-state index >= 15 is 0 Å². The van der Waals surface area contributed by atoms with Crippen molar-refractivity contribution >= 4 is 29.3 Å². The molecule has 3 aromatic carbocycles. The number of hydrogen-bond acceptors (Lipinski definition) is 5. The summed E-state index contributed by atoms with van der Waals surface area (Å²) < 4.78 is 14.9. The van der Waals surface area contributed by atoms with Crippen molar-refractivity contribution in [3.8, 4) is 5.69 Å².